The van der Waals surface area contributed by atoms with Crippen molar-refractivity contribution >= 4 is 27.7 Å². The summed E-state index contributed by atoms with van der Waals surface area (Å²) >= 11 is 3.52. The summed E-state index contributed by atoms with van der Waals surface area (Å²) in [6.45, 7) is 0. The second-order valence-electron chi connectivity index (χ2n) is 3.75. The van der Waals surface area contributed by atoms with Gasteiger partial charge in [0.15, 0.2) is 0 Å². The molecule has 0 amide bonds. The van der Waals surface area contributed by atoms with Crippen LogP contribution in [0.1, 0.15) is 5.56 Å². The van der Waals surface area contributed by atoms with Crippen molar-refractivity contribution in [3.05, 3.63) is 58.7 Å². The van der Waals surface area contributed by atoms with Crippen molar-refractivity contribution in [2.45, 2.75) is 0 Å². The lowest BCUT2D eigenvalue weighted by Gasteiger charge is -2.09. The molecular weight excluding hydrogens is 262 g/mol. The number of halogens is 1. The van der Waals surface area contributed by atoms with Gasteiger partial charge in [-0.1, -0.05) is 40.2 Å². The number of hydrogen-bond donors (Lipinski definition) is 1. The predicted molar refractivity (Wildman–Crippen MR) is 72.2 cm³/mol. The molecule has 1 heterocycles. The zero-order valence-corrected chi connectivity index (χ0v) is 10.2. The fourth-order valence-electron chi connectivity index (χ4n) is 1.97. The van der Waals surface area contributed by atoms with Crippen LogP contribution in [0.4, 0.5) is 5.69 Å². The summed E-state index contributed by atoms with van der Waals surface area (Å²) in [5.74, 6) is 0. The minimum atomic E-state index is 1.10. The van der Waals surface area contributed by atoms with Gasteiger partial charge in [-0.15, -0.1) is 0 Å². The summed E-state index contributed by atoms with van der Waals surface area (Å²) in [4.78, 5) is 0. The van der Waals surface area contributed by atoms with Gasteiger partial charge in [0.25, 0.3) is 0 Å². The van der Waals surface area contributed by atoms with E-state index in [4.69, 9.17) is 0 Å². The Hall–Kier alpha value is -1.54. The molecule has 0 saturated heterocycles. The first kappa shape index (κ1) is 9.67. The van der Waals surface area contributed by atoms with E-state index in [1.54, 1.807) is 0 Å². The molecule has 1 N–H and O–H groups in total. The number of hydrogen-bond acceptors (Lipinski definition) is 1. The number of rotatable bonds is 0. The Kier molecular flexibility index (Phi) is 2.29. The van der Waals surface area contributed by atoms with Gasteiger partial charge in [0.05, 0.1) is 0 Å². The van der Waals surface area contributed by atoms with Crippen molar-refractivity contribution in [3.8, 4) is 11.1 Å². The standard InChI is InChI=1S/C14H10BrN/c15-11-5-6-14-13(9-11)12-4-2-1-3-10(12)7-8-16-14/h1-9,16H. The van der Waals surface area contributed by atoms with Gasteiger partial charge in [0.2, 0.25) is 0 Å². The van der Waals surface area contributed by atoms with Crippen LogP contribution in [-0.4, -0.2) is 0 Å². The lowest BCUT2D eigenvalue weighted by molar-refractivity contribution is 1.56. The average Bonchev–Trinajstić information content (AvgIpc) is 2.48. The highest BCUT2D eigenvalue weighted by Crippen LogP contribution is 2.35. The number of fused-ring (bicyclic) bond motifs is 3. The molecule has 2 heteroatoms. The third-order valence-corrected chi connectivity index (χ3v) is 3.23. The van der Waals surface area contributed by atoms with E-state index in [1.807, 2.05) is 12.3 Å². The van der Waals surface area contributed by atoms with E-state index in [-0.39, 0.29) is 0 Å². The summed E-state index contributed by atoms with van der Waals surface area (Å²) in [6, 6.07) is 14.7. The first-order valence-electron chi connectivity index (χ1n) is 5.17. The van der Waals surface area contributed by atoms with Gasteiger partial charge in [-0.25, -0.2) is 0 Å². The quantitative estimate of drug-likeness (QED) is 0.743. The van der Waals surface area contributed by atoms with Crippen molar-refractivity contribution in [3.63, 3.8) is 0 Å². The van der Waals surface area contributed by atoms with Crippen LogP contribution in [0.3, 0.4) is 0 Å². The molecule has 1 aliphatic rings. The zero-order valence-electron chi connectivity index (χ0n) is 8.57. The SMILES string of the molecule is Brc1ccc2c(c1)-c1ccccc1C=CN2. The molecule has 0 fully saturated rings. The first-order valence-corrected chi connectivity index (χ1v) is 5.96. The monoisotopic (exact) mass is 271 g/mol. The highest BCUT2D eigenvalue weighted by Gasteiger charge is 2.10. The number of nitrogens with one attached hydrogen (secondary N) is 1. The molecule has 0 radical (unpaired) electrons. The van der Waals surface area contributed by atoms with Gasteiger partial charge < -0.3 is 5.32 Å². The van der Waals surface area contributed by atoms with Crippen molar-refractivity contribution in [1.29, 1.82) is 0 Å². The zero-order chi connectivity index (χ0) is 11.0. The lowest BCUT2D eigenvalue weighted by atomic mass is 9.99. The third-order valence-electron chi connectivity index (χ3n) is 2.73. The molecule has 3 rings (SSSR count). The second-order valence-corrected chi connectivity index (χ2v) is 4.67. The molecule has 0 aromatic heterocycles. The van der Waals surface area contributed by atoms with Gasteiger partial charge in [0, 0.05) is 21.9 Å². The molecule has 78 valence electrons. The first-order chi connectivity index (χ1) is 7.84. The molecular formula is C14H10BrN. The summed E-state index contributed by atoms with van der Waals surface area (Å²) in [6.07, 6.45) is 4.09. The van der Waals surface area contributed by atoms with E-state index in [2.05, 4.69) is 63.7 Å². The second kappa shape index (κ2) is 3.80. The van der Waals surface area contributed by atoms with Crippen LogP contribution in [-0.2, 0) is 0 Å². The Morgan fingerprint density at radius 3 is 2.75 bits per heavy atom. The predicted octanol–water partition coefficient (Wildman–Crippen LogP) is 4.51. The Morgan fingerprint density at radius 2 is 1.81 bits per heavy atom. The molecule has 2 aromatic carbocycles. The maximum Gasteiger partial charge on any atom is 0.0460 e. The molecule has 0 aliphatic carbocycles. The van der Waals surface area contributed by atoms with Crippen LogP contribution in [0.5, 0.6) is 0 Å². The van der Waals surface area contributed by atoms with Crippen molar-refractivity contribution in [1.82, 2.24) is 0 Å². The Balaban J connectivity index is 2.32. The van der Waals surface area contributed by atoms with Crippen LogP contribution >= 0.6 is 15.9 Å². The van der Waals surface area contributed by atoms with Gasteiger partial charge in [-0.05, 0) is 35.4 Å². The average molecular weight is 272 g/mol. The highest BCUT2D eigenvalue weighted by molar-refractivity contribution is 9.10. The summed E-state index contributed by atoms with van der Waals surface area (Å²) in [5, 5.41) is 3.30. The molecule has 16 heavy (non-hydrogen) atoms. The van der Waals surface area contributed by atoms with E-state index >= 15 is 0 Å². The number of benzene rings is 2. The van der Waals surface area contributed by atoms with E-state index in [0.29, 0.717) is 0 Å². The smallest absolute Gasteiger partial charge is 0.0460 e. The summed E-state index contributed by atoms with van der Waals surface area (Å²) in [5.41, 5.74) is 4.88. The van der Waals surface area contributed by atoms with E-state index in [1.165, 1.54) is 16.7 Å². The maximum absolute atomic E-state index is 3.52. The van der Waals surface area contributed by atoms with Crippen molar-refractivity contribution < 1.29 is 0 Å². The molecule has 2 aromatic rings. The molecule has 0 unspecified atom stereocenters. The highest BCUT2D eigenvalue weighted by atomic mass is 79.9. The molecule has 0 saturated carbocycles. The van der Waals surface area contributed by atoms with Crippen LogP contribution in [0.15, 0.2) is 53.1 Å². The van der Waals surface area contributed by atoms with Crippen LogP contribution in [0.25, 0.3) is 17.2 Å². The topological polar surface area (TPSA) is 12.0 Å². The van der Waals surface area contributed by atoms with Gasteiger partial charge >= 0.3 is 0 Å². The summed E-state index contributed by atoms with van der Waals surface area (Å²) in [7, 11) is 0. The Morgan fingerprint density at radius 1 is 0.938 bits per heavy atom. The van der Waals surface area contributed by atoms with Crippen LogP contribution in [0, 0.1) is 0 Å². The lowest BCUT2D eigenvalue weighted by Crippen LogP contribution is -1.88. The molecule has 0 atom stereocenters. The third kappa shape index (κ3) is 1.55. The maximum atomic E-state index is 3.52. The minimum absolute atomic E-state index is 1.10. The van der Waals surface area contributed by atoms with Gasteiger partial charge in [-0.3, -0.25) is 0 Å². The molecule has 1 nitrogen and oxygen atoms in total. The normalized spacial score (nSPS) is 12.3. The van der Waals surface area contributed by atoms with Gasteiger partial charge in [-0.2, -0.15) is 0 Å². The molecule has 0 spiro atoms. The van der Waals surface area contributed by atoms with Crippen LogP contribution in [0.2, 0.25) is 0 Å². The van der Waals surface area contributed by atoms with Gasteiger partial charge in [0.1, 0.15) is 0 Å². The molecule has 1 aliphatic heterocycles. The van der Waals surface area contributed by atoms with E-state index in [0.717, 1.165) is 10.2 Å². The Bertz CT molecular complexity index is 573. The fourth-order valence-corrected chi connectivity index (χ4v) is 2.34. The fraction of sp³-hybridized carbons (Fsp3) is 0. The van der Waals surface area contributed by atoms with Crippen molar-refractivity contribution in [2.24, 2.45) is 0 Å². The minimum Gasteiger partial charge on any atom is -0.361 e. The number of anilines is 1. The van der Waals surface area contributed by atoms with Crippen molar-refractivity contribution in [2.75, 3.05) is 5.32 Å². The largest absolute Gasteiger partial charge is 0.361 e. The Labute approximate surface area is 103 Å². The summed E-state index contributed by atoms with van der Waals surface area (Å²) < 4.78 is 1.10. The van der Waals surface area contributed by atoms with E-state index in [9.17, 15) is 0 Å². The van der Waals surface area contributed by atoms with E-state index < -0.39 is 0 Å². The van der Waals surface area contributed by atoms with Crippen LogP contribution < -0.4 is 5.32 Å². The molecule has 0 bridgehead atoms.